The van der Waals surface area contributed by atoms with E-state index in [1.165, 1.54) is 77.0 Å². The van der Waals surface area contributed by atoms with Crippen molar-refractivity contribution >= 4 is 11.4 Å². The fraction of sp³-hybridized carbons (Fsp3) is 1.00. The lowest BCUT2D eigenvalue weighted by Crippen LogP contribution is -2.14. The highest BCUT2D eigenvalue weighted by Crippen LogP contribution is 2.18. The lowest BCUT2D eigenvalue weighted by molar-refractivity contribution is 0.175. The normalized spacial score (nSPS) is 24.2. The first-order valence-corrected chi connectivity index (χ1v) is 10.1. The third-order valence-electron chi connectivity index (χ3n) is 4.52. The van der Waals surface area contributed by atoms with Crippen LogP contribution < -0.4 is 0 Å². The second-order valence-electron chi connectivity index (χ2n) is 6.46. The standard InChI is InChI=1S/C17H34O3S/c18-21(19)20-17-15-13-11-9-7-5-3-1-2-4-6-8-10-12-14-16-17/h17H,1-16H2,(H,18,19). The topological polar surface area (TPSA) is 46.5 Å². The molecule has 0 radical (unpaired) electrons. The van der Waals surface area contributed by atoms with Crippen molar-refractivity contribution in [1.82, 2.24) is 0 Å². The Hall–Kier alpha value is 0.0700. The van der Waals surface area contributed by atoms with E-state index >= 15 is 0 Å². The second-order valence-corrected chi connectivity index (χ2v) is 7.09. The maximum atomic E-state index is 10.9. The number of rotatable bonds is 2. The third-order valence-corrected chi connectivity index (χ3v) is 4.96. The molecule has 0 spiro atoms. The monoisotopic (exact) mass is 318 g/mol. The molecule has 0 saturated heterocycles. The van der Waals surface area contributed by atoms with Gasteiger partial charge in [-0.2, -0.15) is 4.21 Å². The van der Waals surface area contributed by atoms with Gasteiger partial charge in [-0.25, -0.2) is 0 Å². The predicted molar refractivity (Wildman–Crippen MR) is 89.5 cm³/mol. The van der Waals surface area contributed by atoms with Crippen LogP contribution >= 0.6 is 0 Å². The Morgan fingerprint density at radius 1 is 0.619 bits per heavy atom. The van der Waals surface area contributed by atoms with E-state index in [4.69, 9.17) is 8.74 Å². The molecule has 1 unspecified atom stereocenters. The quantitative estimate of drug-likeness (QED) is 0.658. The Labute approximate surface area is 133 Å². The highest BCUT2D eigenvalue weighted by atomic mass is 32.2. The first-order valence-electron chi connectivity index (χ1n) is 9.07. The van der Waals surface area contributed by atoms with Crippen LogP contribution in [0.3, 0.4) is 0 Å². The zero-order chi connectivity index (χ0) is 15.2. The molecule has 0 aliphatic heterocycles. The predicted octanol–water partition coefficient (Wildman–Crippen LogP) is 5.76. The summed E-state index contributed by atoms with van der Waals surface area (Å²) in [5.41, 5.74) is 0. The molecule has 4 heteroatoms. The van der Waals surface area contributed by atoms with Gasteiger partial charge in [0.1, 0.15) is 0 Å². The Morgan fingerprint density at radius 2 is 0.905 bits per heavy atom. The molecule has 3 nitrogen and oxygen atoms in total. The average Bonchev–Trinajstić information content (AvgIpc) is 2.45. The summed E-state index contributed by atoms with van der Waals surface area (Å²) in [5, 5.41) is 0. The minimum Gasteiger partial charge on any atom is -0.284 e. The summed E-state index contributed by atoms with van der Waals surface area (Å²) in [7, 11) is 0. The van der Waals surface area contributed by atoms with E-state index in [1.807, 2.05) is 0 Å². The summed E-state index contributed by atoms with van der Waals surface area (Å²) in [4.78, 5) is 0. The van der Waals surface area contributed by atoms with Crippen LogP contribution in [0.15, 0.2) is 0 Å². The lowest BCUT2D eigenvalue weighted by Gasteiger charge is -2.14. The molecule has 1 saturated carbocycles. The maximum Gasteiger partial charge on any atom is 0.302 e. The van der Waals surface area contributed by atoms with E-state index < -0.39 is 11.4 Å². The van der Waals surface area contributed by atoms with Crippen molar-refractivity contribution in [1.29, 1.82) is 0 Å². The van der Waals surface area contributed by atoms with Crippen LogP contribution in [0.4, 0.5) is 0 Å². The van der Waals surface area contributed by atoms with Crippen molar-refractivity contribution in [3.05, 3.63) is 0 Å². The number of hydrogen-bond donors (Lipinski definition) is 1. The van der Waals surface area contributed by atoms with E-state index in [-0.39, 0.29) is 6.10 Å². The minimum absolute atomic E-state index is 0.0217. The molecule has 0 heterocycles. The van der Waals surface area contributed by atoms with Gasteiger partial charge < -0.3 is 0 Å². The molecule has 126 valence electrons. The van der Waals surface area contributed by atoms with Gasteiger partial charge in [-0.1, -0.05) is 89.9 Å². The fourth-order valence-corrected chi connectivity index (χ4v) is 3.65. The van der Waals surface area contributed by atoms with Crippen LogP contribution in [-0.2, 0) is 15.5 Å². The molecular formula is C17H34O3S. The minimum atomic E-state index is -2.11. The van der Waals surface area contributed by atoms with Crippen LogP contribution in [0, 0.1) is 0 Å². The average molecular weight is 319 g/mol. The maximum absolute atomic E-state index is 10.9. The molecule has 21 heavy (non-hydrogen) atoms. The zero-order valence-electron chi connectivity index (χ0n) is 13.6. The Balaban J connectivity index is 2.26. The van der Waals surface area contributed by atoms with Crippen LogP contribution in [0.1, 0.15) is 103 Å². The van der Waals surface area contributed by atoms with Crippen LogP contribution in [0.5, 0.6) is 0 Å². The van der Waals surface area contributed by atoms with Gasteiger partial charge in [-0.3, -0.25) is 8.74 Å². The van der Waals surface area contributed by atoms with Crippen molar-refractivity contribution in [2.45, 2.75) is 109 Å². The molecule has 0 amide bonds. The second kappa shape index (κ2) is 13.7. The van der Waals surface area contributed by atoms with Crippen molar-refractivity contribution in [3.63, 3.8) is 0 Å². The molecule has 0 bridgehead atoms. The highest BCUT2D eigenvalue weighted by Gasteiger charge is 2.12. The van der Waals surface area contributed by atoms with Crippen molar-refractivity contribution in [3.8, 4) is 0 Å². The van der Waals surface area contributed by atoms with Crippen molar-refractivity contribution in [2.75, 3.05) is 0 Å². The summed E-state index contributed by atoms with van der Waals surface area (Å²) >= 11 is -2.11. The summed E-state index contributed by atoms with van der Waals surface area (Å²) in [6, 6.07) is 0. The van der Waals surface area contributed by atoms with E-state index in [1.54, 1.807) is 0 Å². The molecule has 1 fully saturated rings. The molecule has 1 aliphatic rings. The van der Waals surface area contributed by atoms with Gasteiger partial charge in [-0.05, 0) is 12.8 Å². The van der Waals surface area contributed by atoms with E-state index in [0.717, 1.165) is 25.7 Å². The summed E-state index contributed by atoms with van der Waals surface area (Å²) in [6.07, 6.45) is 20.2. The van der Waals surface area contributed by atoms with Gasteiger partial charge in [-0.15, -0.1) is 0 Å². The zero-order valence-corrected chi connectivity index (χ0v) is 14.4. The van der Waals surface area contributed by atoms with Gasteiger partial charge in [0.25, 0.3) is 0 Å². The molecule has 1 N–H and O–H groups in total. The van der Waals surface area contributed by atoms with Crippen LogP contribution in [0.25, 0.3) is 0 Å². The Morgan fingerprint density at radius 3 is 1.19 bits per heavy atom. The van der Waals surface area contributed by atoms with Crippen LogP contribution in [0.2, 0.25) is 0 Å². The first-order chi connectivity index (χ1) is 10.3. The van der Waals surface area contributed by atoms with Gasteiger partial charge in [0.15, 0.2) is 0 Å². The van der Waals surface area contributed by atoms with Crippen molar-refractivity contribution in [2.24, 2.45) is 0 Å². The molecule has 0 aromatic carbocycles. The molecule has 1 aliphatic carbocycles. The van der Waals surface area contributed by atoms with E-state index in [2.05, 4.69) is 0 Å². The SMILES string of the molecule is O=S(O)OC1CCCCCCCCCCCCCCCC1. The molecule has 1 atom stereocenters. The third kappa shape index (κ3) is 12.3. The summed E-state index contributed by atoms with van der Waals surface area (Å²) < 4.78 is 24.9. The largest absolute Gasteiger partial charge is 0.302 e. The Kier molecular flexibility index (Phi) is 12.5. The van der Waals surface area contributed by atoms with Crippen LogP contribution in [-0.4, -0.2) is 14.9 Å². The smallest absolute Gasteiger partial charge is 0.284 e. The van der Waals surface area contributed by atoms with Gasteiger partial charge in [0, 0.05) is 0 Å². The molecular weight excluding hydrogens is 284 g/mol. The first kappa shape index (κ1) is 19.1. The van der Waals surface area contributed by atoms with Gasteiger partial charge >= 0.3 is 11.4 Å². The lowest BCUT2D eigenvalue weighted by atomic mass is 10.0. The van der Waals surface area contributed by atoms with E-state index in [9.17, 15) is 4.21 Å². The number of hydrogen-bond acceptors (Lipinski definition) is 2. The fourth-order valence-electron chi connectivity index (χ4n) is 3.22. The molecule has 1 rings (SSSR count). The van der Waals surface area contributed by atoms with Gasteiger partial charge in [0.2, 0.25) is 0 Å². The molecule has 0 aromatic rings. The molecule has 0 aromatic heterocycles. The Bertz CT molecular complexity index is 240. The van der Waals surface area contributed by atoms with E-state index in [0.29, 0.717) is 0 Å². The van der Waals surface area contributed by atoms with Crippen molar-refractivity contribution < 1.29 is 12.9 Å². The summed E-state index contributed by atoms with van der Waals surface area (Å²) in [5.74, 6) is 0. The highest BCUT2D eigenvalue weighted by molar-refractivity contribution is 7.74. The van der Waals surface area contributed by atoms with Gasteiger partial charge in [0.05, 0.1) is 6.10 Å². The summed E-state index contributed by atoms with van der Waals surface area (Å²) in [6.45, 7) is 0.